The van der Waals surface area contributed by atoms with Crippen molar-refractivity contribution in [3.63, 3.8) is 0 Å². The molecular formula is C47H32ClN3O. The van der Waals surface area contributed by atoms with E-state index in [0.717, 1.165) is 66.4 Å². The SMILES string of the molecule is Clc1ccc2c(c1)oc1cccc(-c3ccc4cc(C5N=C(c6ccc(-c7cccc8ccccc78)cc6)NC(c6ccccc6)N5)ccc4c3)c12. The molecule has 0 fully saturated rings. The summed E-state index contributed by atoms with van der Waals surface area (Å²) >= 11 is 6.28. The topological polar surface area (TPSA) is 49.6 Å². The lowest BCUT2D eigenvalue weighted by atomic mass is 9.96. The molecule has 9 aromatic rings. The van der Waals surface area contributed by atoms with E-state index in [0.29, 0.717) is 5.02 Å². The molecule has 8 aromatic carbocycles. The van der Waals surface area contributed by atoms with Gasteiger partial charge in [0, 0.05) is 27.4 Å². The molecule has 2 N–H and O–H groups in total. The number of benzene rings is 8. The predicted molar refractivity (Wildman–Crippen MR) is 216 cm³/mol. The second kappa shape index (κ2) is 12.5. The molecule has 0 radical (unpaired) electrons. The lowest BCUT2D eigenvalue weighted by Crippen LogP contribution is -2.44. The predicted octanol–water partition coefficient (Wildman–Crippen LogP) is 12.2. The molecule has 0 spiro atoms. The van der Waals surface area contributed by atoms with E-state index in [4.69, 9.17) is 21.0 Å². The van der Waals surface area contributed by atoms with Crippen molar-refractivity contribution in [1.29, 1.82) is 0 Å². The van der Waals surface area contributed by atoms with Crippen LogP contribution in [0.5, 0.6) is 0 Å². The van der Waals surface area contributed by atoms with Gasteiger partial charge in [0.05, 0.1) is 0 Å². The molecule has 52 heavy (non-hydrogen) atoms. The first-order chi connectivity index (χ1) is 25.6. The van der Waals surface area contributed by atoms with E-state index >= 15 is 0 Å². The Balaban J connectivity index is 1.01. The maximum atomic E-state index is 6.28. The highest BCUT2D eigenvalue weighted by molar-refractivity contribution is 6.31. The summed E-state index contributed by atoms with van der Waals surface area (Å²) in [4.78, 5) is 5.26. The molecule has 1 aliphatic rings. The summed E-state index contributed by atoms with van der Waals surface area (Å²) in [5.74, 6) is 0.860. The van der Waals surface area contributed by atoms with Crippen LogP contribution in [0.3, 0.4) is 0 Å². The maximum absolute atomic E-state index is 6.28. The minimum Gasteiger partial charge on any atom is -0.456 e. The zero-order valence-electron chi connectivity index (χ0n) is 28.1. The standard InChI is InChI=1S/C47H32ClN3O/c48-37-24-25-41-43(28-37)52-42-15-7-14-40(44(41)42)35-22-20-34-27-36(23-21-33(34)26-35)47-50-45(31-9-2-1-3-10-31)49-46(51-47)32-18-16-30(17-19-32)39-13-6-11-29-8-4-5-12-38(29)39/h1-28,45,47,50H,(H,49,51). The fourth-order valence-electron chi connectivity index (χ4n) is 7.62. The number of hydrogen-bond acceptors (Lipinski definition) is 4. The molecule has 1 aliphatic heterocycles. The van der Waals surface area contributed by atoms with E-state index in [1.807, 2.05) is 36.4 Å². The molecular weight excluding hydrogens is 658 g/mol. The van der Waals surface area contributed by atoms with E-state index in [2.05, 4.69) is 144 Å². The lowest BCUT2D eigenvalue weighted by molar-refractivity contribution is 0.409. The average Bonchev–Trinajstić information content (AvgIpc) is 3.58. The molecule has 0 amide bonds. The third-order valence-electron chi connectivity index (χ3n) is 10.2. The Morgan fingerprint density at radius 2 is 1.23 bits per heavy atom. The molecule has 2 unspecified atom stereocenters. The summed E-state index contributed by atoms with van der Waals surface area (Å²) in [6.07, 6.45) is -0.365. The van der Waals surface area contributed by atoms with Crippen LogP contribution in [0.25, 0.3) is 65.7 Å². The first kappa shape index (κ1) is 30.6. The highest BCUT2D eigenvalue weighted by Crippen LogP contribution is 2.39. The van der Waals surface area contributed by atoms with E-state index in [-0.39, 0.29) is 12.3 Å². The summed E-state index contributed by atoms with van der Waals surface area (Å²) in [5.41, 5.74) is 9.64. The van der Waals surface area contributed by atoms with E-state index in [1.165, 1.54) is 21.9 Å². The maximum Gasteiger partial charge on any atom is 0.136 e. The monoisotopic (exact) mass is 689 g/mol. The number of aliphatic imine (C=N–C) groups is 1. The van der Waals surface area contributed by atoms with Gasteiger partial charge in [-0.2, -0.15) is 0 Å². The second-order valence-electron chi connectivity index (χ2n) is 13.4. The molecule has 5 heteroatoms. The van der Waals surface area contributed by atoms with Crippen molar-refractivity contribution in [3.8, 4) is 22.3 Å². The van der Waals surface area contributed by atoms with Gasteiger partial charge in [-0.15, -0.1) is 0 Å². The van der Waals surface area contributed by atoms with Crippen molar-refractivity contribution in [2.75, 3.05) is 0 Å². The van der Waals surface area contributed by atoms with Crippen LogP contribution in [0.1, 0.15) is 29.0 Å². The fraction of sp³-hybridized carbons (Fsp3) is 0.0426. The summed E-state index contributed by atoms with van der Waals surface area (Å²) in [6, 6.07) is 59.7. The molecule has 10 rings (SSSR count). The number of halogens is 1. The molecule has 0 aliphatic carbocycles. The van der Waals surface area contributed by atoms with Crippen LogP contribution in [-0.4, -0.2) is 5.84 Å². The number of amidine groups is 1. The summed E-state index contributed by atoms with van der Waals surface area (Å²) in [5, 5.41) is 15.1. The number of hydrogen-bond donors (Lipinski definition) is 2. The van der Waals surface area contributed by atoms with Crippen molar-refractivity contribution in [2.24, 2.45) is 4.99 Å². The highest BCUT2D eigenvalue weighted by atomic mass is 35.5. The highest BCUT2D eigenvalue weighted by Gasteiger charge is 2.26. The first-order valence-electron chi connectivity index (χ1n) is 17.5. The molecule has 2 heterocycles. The van der Waals surface area contributed by atoms with Crippen molar-refractivity contribution >= 4 is 60.9 Å². The van der Waals surface area contributed by atoms with Crippen molar-refractivity contribution in [1.82, 2.24) is 10.6 Å². The van der Waals surface area contributed by atoms with E-state index in [9.17, 15) is 0 Å². The van der Waals surface area contributed by atoms with Gasteiger partial charge in [0.25, 0.3) is 0 Å². The molecule has 2 atom stereocenters. The quantitative estimate of drug-likeness (QED) is 0.189. The Morgan fingerprint density at radius 3 is 2.13 bits per heavy atom. The number of nitrogens with zero attached hydrogens (tertiary/aromatic N) is 1. The van der Waals surface area contributed by atoms with Gasteiger partial charge in [0.15, 0.2) is 0 Å². The van der Waals surface area contributed by atoms with Gasteiger partial charge in [-0.25, -0.2) is 4.99 Å². The average molecular weight is 690 g/mol. The Labute approximate surface area is 306 Å². The number of nitrogens with one attached hydrogen (secondary N) is 2. The van der Waals surface area contributed by atoms with Crippen molar-refractivity contribution in [3.05, 3.63) is 192 Å². The Morgan fingerprint density at radius 1 is 0.500 bits per heavy atom. The van der Waals surface area contributed by atoms with Gasteiger partial charge in [0.1, 0.15) is 29.3 Å². The van der Waals surface area contributed by atoms with Crippen LogP contribution in [0.4, 0.5) is 0 Å². The molecule has 0 saturated heterocycles. The van der Waals surface area contributed by atoms with Crippen molar-refractivity contribution in [2.45, 2.75) is 12.3 Å². The largest absolute Gasteiger partial charge is 0.456 e. The Hall–Kier alpha value is -6.20. The minimum atomic E-state index is -0.249. The third kappa shape index (κ3) is 5.41. The Bertz CT molecular complexity index is 2820. The van der Waals surface area contributed by atoms with Crippen LogP contribution in [0, 0.1) is 0 Å². The van der Waals surface area contributed by atoms with Crippen LogP contribution < -0.4 is 10.6 Å². The summed E-state index contributed by atoms with van der Waals surface area (Å²) < 4.78 is 6.18. The molecule has 0 bridgehead atoms. The lowest BCUT2D eigenvalue weighted by Gasteiger charge is -2.32. The van der Waals surface area contributed by atoms with Crippen LogP contribution >= 0.6 is 11.6 Å². The summed E-state index contributed by atoms with van der Waals surface area (Å²) in [6.45, 7) is 0. The van der Waals surface area contributed by atoms with Gasteiger partial charge >= 0.3 is 0 Å². The van der Waals surface area contributed by atoms with E-state index < -0.39 is 0 Å². The van der Waals surface area contributed by atoms with Crippen LogP contribution in [0.15, 0.2) is 179 Å². The second-order valence-corrected chi connectivity index (χ2v) is 13.8. The fourth-order valence-corrected chi connectivity index (χ4v) is 7.78. The smallest absolute Gasteiger partial charge is 0.136 e. The normalized spacial score (nSPS) is 16.0. The Kier molecular flexibility index (Phi) is 7.38. The number of rotatable bonds is 5. The zero-order valence-corrected chi connectivity index (χ0v) is 28.8. The van der Waals surface area contributed by atoms with Gasteiger partial charge in [-0.1, -0.05) is 145 Å². The number of furan rings is 1. The molecule has 4 nitrogen and oxygen atoms in total. The van der Waals surface area contributed by atoms with Gasteiger partial charge in [-0.3, -0.25) is 5.32 Å². The van der Waals surface area contributed by atoms with Gasteiger partial charge in [0.2, 0.25) is 0 Å². The third-order valence-corrected chi connectivity index (χ3v) is 10.4. The number of fused-ring (bicyclic) bond motifs is 5. The molecule has 248 valence electrons. The minimum absolute atomic E-state index is 0.116. The molecule has 1 aromatic heterocycles. The summed E-state index contributed by atoms with van der Waals surface area (Å²) in [7, 11) is 0. The van der Waals surface area contributed by atoms with Gasteiger partial charge < -0.3 is 9.73 Å². The van der Waals surface area contributed by atoms with Crippen molar-refractivity contribution < 1.29 is 4.42 Å². The first-order valence-corrected chi connectivity index (χ1v) is 17.9. The van der Waals surface area contributed by atoms with E-state index in [1.54, 1.807) is 0 Å². The van der Waals surface area contributed by atoms with Crippen LogP contribution in [0.2, 0.25) is 5.02 Å². The van der Waals surface area contributed by atoms with Crippen LogP contribution in [-0.2, 0) is 0 Å². The zero-order chi connectivity index (χ0) is 34.6. The van der Waals surface area contributed by atoms with Gasteiger partial charge in [-0.05, 0) is 85.3 Å². The molecule has 0 saturated carbocycles.